The lowest BCUT2D eigenvalue weighted by atomic mass is 10.2. The first kappa shape index (κ1) is 14.7. The summed E-state index contributed by atoms with van der Waals surface area (Å²) in [4.78, 5) is 11.2. The van der Waals surface area contributed by atoms with E-state index in [2.05, 4.69) is 0 Å². The number of hydrogen-bond donors (Lipinski definition) is 1. The van der Waals surface area contributed by atoms with Crippen molar-refractivity contribution in [2.75, 3.05) is 7.11 Å². The zero-order valence-electron chi connectivity index (χ0n) is 11.0. The van der Waals surface area contributed by atoms with Crippen LogP contribution in [0.25, 0.3) is 0 Å². The maximum absolute atomic E-state index is 11.2. The molecule has 0 saturated heterocycles. The number of carbonyl (C=O) groups is 1. The van der Waals surface area contributed by atoms with Gasteiger partial charge in [0, 0.05) is 6.07 Å². The van der Waals surface area contributed by atoms with E-state index in [0.29, 0.717) is 11.3 Å². The molecule has 6 heteroatoms. The molecule has 0 radical (unpaired) electrons. The molecule has 0 amide bonds. The number of carboxylic acids is 1. The Hall–Kier alpha value is -2.71. The number of nitrogens with zero attached hydrogens (tertiary/aromatic N) is 1. The molecule has 2 rings (SSSR count). The minimum Gasteiger partial charge on any atom is -0.497 e. The van der Waals surface area contributed by atoms with Gasteiger partial charge in [-0.05, 0) is 30.3 Å². The molecule has 0 bridgehead atoms. The van der Waals surface area contributed by atoms with Crippen molar-refractivity contribution in [1.29, 1.82) is 5.26 Å². The first-order chi connectivity index (χ1) is 10.0. The fourth-order valence-electron chi connectivity index (χ4n) is 1.66. The van der Waals surface area contributed by atoms with E-state index in [-0.39, 0.29) is 22.1 Å². The first-order valence-corrected chi connectivity index (χ1v) is 6.21. The third-order valence-corrected chi connectivity index (χ3v) is 3.00. The maximum Gasteiger partial charge on any atom is 0.339 e. The van der Waals surface area contributed by atoms with Gasteiger partial charge in [0.05, 0.1) is 23.8 Å². The summed E-state index contributed by atoms with van der Waals surface area (Å²) < 4.78 is 10.6. The van der Waals surface area contributed by atoms with Crippen LogP contribution in [0.4, 0.5) is 0 Å². The zero-order chi connectivity index (χ0) is 15.4. The van der Waals surface area contributed by atoms with Gasteiger partial charge in [-0.1, -0.05) is 11.6 Å². The third-order valence-electron chi connectivity index (χ3n) is 2.70. The Morgan fingerprint density at radius 1 is 1.24 bits per heavy atom. The maximum atomic E-state index is 11.2. The van der Waals surface area contributed by atoms with E-state index in [9.17, 15) is 4.79 Å². The number of rotatable bonds is 4. The van der Waals surface area contributed by atoms with Crippen LogP contribution in [-0.4, -0.2) is 18.2 Å². The summed E-state index contributed by atoms with van der Waals surface area (Å²) in [6.45, 7) is 0. The van der Waals surface area contributed by atoms with E-state index in [4.69, 9.17) is 31.4 Å². The second-order valence-corrected chi connectivity index (χ2v) is 4.43. The fourth-order valence-corrected chi connectivity index (χ4v) is 1.88. The molecule has 1 N–H and O–H groups in total. The van der Waals surface area contributed by atoms with E-state index >= 15 is 0 Å². The van der Waals surface area contributed by atoms with Crippen molar-refractivity contribution < 1.29 is 19.4 Å². The van der Waals surface area contributed by atoms with Crippen molar-refractivity contribution in [2.45, 2.75) is 0 Å². The summed E-state index contributed by atoms with van der Waals surface area (Å²) in [6.07, 6.45) is 0. The molecule has 0 saturated carbocycles. The topological polar surface area (TPSA) is 79.6 Å². The smallest absolute Gasteiger partial charge is 0.339 e. The van der Waals surface area contributed by atoms with Crippen LogP contribution in [0.2, 0.25) is 5.02 Å². The van der Waals surface area contributed by atoms with Crippen molar-refractivity contribution in [3.8, 4) is 23.3 Å². The third kappa shape index (κ3) is 3.25. The molecule has 0 heterocycles. The van der Waals surface area contributed by atoms with E-state index in [1.54, 1.807) is 0 Å². The Balaban J connectivity index is 2.43. The minimum atomic E-state index is -1.13. The second kappa shape index (κ2) is 6.16. The van der Waals surface area contributed by atoms with Crippen LogP contribution in [0.15, 0.2) is 36.4 Å². The molecule has 0 aromatic heterocycles. The predicted molar refractivity (Wildman–Crippen MR) is 76.2 cm³/mol. The number of carboxylic acid groups (broad SMARTS) is 1. The van der Waals surface area contributed by atoms with Gasteiger partial charge in [-0.25, -0.2) is 4.79 Å². The number of halogens is 1. The van der Waals surface area contributed by atoms with Crippen LogP contribution in [-0.2, 0) is 0 Å². The average Bonchev–Trinajstić information content (AvgIpc) is 2.48. The molecule has 2 aromatic rings. The number of ether oxygens (including phenoxy) is 2. The van der Waals surface area contributed by atoms with Crippen LogP contribution in [0.3, 0.4) is 0 Å². The molecule has 0 spiro atoms. The van der Waals surface area contributed by atoms with Gasteiger partial charge in [0.1, 0.15) is 22.8 Å². The Bertz CT molecular complexity index is 737. The molecule has 106 valence electrons. The Morgan fingerprint density at radius 3 is 2.57 bits per heavy atom. The Kier molecular flexibility index (Phi) is 4.31. The Morgan fingerprint density at radius 2 is 2.00 bits per heavy atom. The van der Waals surface area contributed by atoms with E-state index in [1.807, 2.05) is 6.07 Å². The summed E-state index contributed by atoms with van der Waals surface area (Å²) >= 11 is 6.01. The summed E-state index contributed by atoms with van der Waals surface area (Å²) in [5, 5.41) is 18.2. The summed E-state index contributed by atoms with van der Waals surface area (Å²) in [5.41, 5.74) is 0.368. The lowest BCUT2D eigenvalue weighted by Gasteiger charge is -2.11. The second-order valence-electron chi connectivity index (χ2n) is 4.03. The van der Waals surface area contributed by atoms with Crippen molar-refractivity contribution in [3.63, 3.8) is 0 Å². The molecule has 0 unspecified atom stereocenters. The average molecular weight is 304 g/mol. The number of hydrogen-bond acceptors (Lipinski definition) is 4. The predicted octanol–water partition coefficient (Wildman–Crippen LogP) is 3.71. The molecule has 2 aromatic carbocycles. The van der Waals surface area contributed by atoms with Gasteiger partial charge in [-0.15, -0.1) is 0 Å². The highest BCUT2D eigenvalue weighted by Crippen LogP contribution is 2.34. The SMILES string of the molecule is COc1ccc(C(=O)O)c(Oc2ccc(C#N)cc2Cl)c1. The summed E-state index contributed by atoms with van der Waals surface area (Å²) in [6, 6.07) is 10.8. The minimum absolute atomic E-state index is 0.0174. The van der Waals surface area contributed by atoms with Crippen molar-refractivity contribution in [1.82, 2.24) is 0 Å². The van der Waals surface area contributed by atoms with Crippen LogP contribution >= 0.6 is 11.6 Å². The zero-order valence-corrected chi connectivity index (χ0v) is 11.7. The molecular formula is C15H10ClNO4. The number of benzene rings is 2. The lowest BCUT2D eigenvalue weighted by molar-refractivity contribution is 0.0694. The van der Waals surface area contributed by atoms with Gasteiger partial charge in [0.15, 0.2) is 0 Å². The van der Waals surface area contributed by atoms with Crippen molar-refractivity contribution >= 4 is 17.6 Å². The van der Waals surface area contributed by atoms with Crippen LogP contribution < -0.4 is 9.47 Å². The van der Waals surface area contributed by atoms with E-state index in [1.165, 1.54) is 43.5 Å². The van der Waals surface area contributed by atoms with Crippen LogP contribution in [0, 0.1) is 11.3 Å². The van der Waals surface area contributed by atoms with Crippen LogP contribution in [0.1, 0.15) is 15.9 Å². The van der Waals surface area contributed by atoms with Crippen LogP contribution in [0.5, 0.6) is 17.2 Å². The van der Waals surface area contributed by atoms with Gasteiger partial charge in [0.25, 0.3) is 0 Å². The normalized spacial score (nSPS) is 9.76. The molecular weight excluding hydrogens is 294 g/mol. The van der Waals surface area contributed by atoms with E-state index < -0.39 is 5.97 Å². The molecule has 0 atom stereocenters. The van der Waals surface area contributed by atoms with Gasteiger partial charge in [0.2, 0.25) is 0 Å². The first-order valence-electron chi connectivity index (χ1n) is 5.84. The van der Waals surface area contributed by atoms with Gasteiger partial charge < -0.3 is 14.6 Å². The highest BCUT2D eigenvalue weighted by molar-refractivity contribution is 6.32. The van der Waals surface area contributed by atoms with E-state index in [0.717, 1.165) is 0 Å². The summed E-state index contributed by atoms with van der Waals surface area (Å²) in [5.74, 6) is -0.308. The van der Waals surface area contributed by atoms with Crippen molar-refractivity contribution in [3.05, 3.63) is 52.5 Å². The standard InChI is InChI=1S/C15H10ClNO4/c1-20-10-3-4-11(15(18)19)14(7-10)21-13-5-2-9(8-17)6-12(13)16/h2-7H,1H3,(H,18,19). The monoisotopic (exact) mass is 303 g/mol. The highest BCUT2D eigenvalue weighted by Gasteiger charge is 2.15. The molecule has 0 aliphatic carbocycles. The lowest BCUT2D eigenvalue weighted by Crippen LogP contribution is -2.00. The van der Waals surface area contributed by atoms with Gasteiger partial charge >= 0.3 is 5.97 Å². The largest absolute Gasteiger partial charge is 0.497 e. The van der Waals surface area contributed by atoms with Gasteiger partial charge in [-0.2, -0.15) is 5.26 Å². The highest BCUT2D eigenvalue weighted by atomic mass is 35.5. The molecule has 0 aliphatic rings. The summed E-state index contributed by atoms with van der Waals surface area (Å²) in [7, 11) is 1.47. The molecule has 21 heavy (non-hydrogen) atoms. The molecule has 0 aliphatic heterocycles. The van der Waals surface area contributed by atoms with Crippen molar-refractivity contribution in [2.24, 2.45) is 0 Å². The number of aromatic carboxylic acids is 1. The molecule has 0 fully saturated rings. The molecule has 5 nitrogen and oxygen atoms in total. The quantitative estimate of drug-likeness (QED) is 0.931. The fraction of sp³-hybridized carbons (Fsp3) is 0.0667. The number of nitriles is 1. The Labute approximate surface area is 125 Å². The number of methoxy groups -OCH3 is 1. The van der Waals surface area contributed by atoms with Gasteiger partial charge in [-0.3, -0.25) is 0 Å².